The minimum absolute atomic E-state index is 0.0132. The Morgan fingerprint density at radius 2 is 1.12 bits per heavy atom. The van der Waals surface area contributed by atoms with Crippen molar-refractivity contribution < 1.29 is 49.7 Å². The standard InChI is InChI=1S/C21H25F4N3O3S.C21H25FN2O3S/c1-18(2,3)32(30)28-19(4)11-31-17-14(19)9-15(20(29,10-26)21(23,24)25)27-16(17)12-5-7-13(22)8-6-12;1-19(2,3)28(25)24-20(4)11-26-18-15(20)10-16(21(5)12-27-21)23-17(18)13-6-8-14(22)9-7-13/h5-9,28-29H,10-11,26H2,1-4H3;6-10,24H,11-12H2,1-5H3/t19-,20-,32+;20-,21-,28+/m00/s1. The van der Waals surface area contributed by atoms with E-state index in [4.69, 9.17) is 24.9 Å². The molecule has 1 saturated heterocycles. The second-order valence-corrected chi connectivity index (χ2v) is 21.7. The van der Waals surface area contributed by atoms with E-state index in [1.165, 1.54) is 24.3 Å². The number of hydrogen-bond donors (Lipinski definition) is 4. The van der Waals surface area contributed by atoms with Crippen LogP contribution in [0.25, 0.3) is 22.5 Å². The molecule has 18 heteroatoms. The molecule has 0 aliphatic carbocycles. The van der Waals surface area contributed by atoms with Crippen molar-refractivity contribution in [1.29, 1.82) is 0 Å². The molecule has 0 amide bonds. The number of aliphatic hydroxyl groups is 1. The van der Waals surface area contributed by atoms with Crippen molar-refractivity contribution in [2.45, 2.75) is 100 Å². The van der Waals surface area contributed by atoms with E-state index >= 15 is 0 Å². The monoisotopic (exact) mass is 879 g/mol. The Kier molecular flexibility index (Phi) is 12.0. The first-order valence-electron chi connectivity index (χ1n) is 19.1. The molecule has 0 saturated carbocycles. The van der Waals surface area contributed by atoms with Gasteiger partial charge in [0.15, 0.2) is 11.5 Å². The van der Waals surface area contributed by atoms with E-state index in [9.17, 15) is 35.5 Å². The van der Waals surface area contributed by atoms with Crippen LogP contribution in [0.3, 0.4) is 0 Å². The quantitative estimate of drug-likeness (QED) is 0.102. The Bertz CT molecular complexity index is 2320. The van der Waals surface area contributed by atoms with Gasteiger partial charge in [-0.3, -0.25) is 0 Å². The number of nitrogens with one attached hydrogen (secondary N) is 2. The fourth-order valence-electron chi connectivity index (χ4n) is 6.36. The number of alkyl halides is 3. The van der Waals surface area contributed by atoms with Gasteiger partial charge in [0, 0.05) is 28.8 Å². The summed E-state index contributed by atoms with van der Waals surface area (Å²) in [5.41, 5.74) is 2.56. The first-order chi connectivity index (χ1) is 27.6. The summed E-state index contributed by atoms with van der Waals surface area (Å²) in [7, 11) is -2.86. The van der Waals surface area contributed by atoms with Gasteiger partial charge in [-0.2, -0.15) is 13.2 Å². The van der Waals surface area contributed by atoms with E-state index in [0.717, 1.165) is 35.0 Å². The SMILES string of the molecule is CC(C)(C)[S@@](=O)N[C@@]1(C)COc2c1cc([C@@](O)(CN)C(F)(F)F)nc2-c1ccc(F)cc1.CC(C)(C)[S@@](=O)N[C@@]1(C)COc2c1cc([C@]1(C)CO1)nc2-c1ccc(F)cc1. The summed E-state index contributed by atoms with van der Waals surface area (Å²) in [6.07, 6.45) is -5.11. The summed E-state index contributed by atoms with van der Waals surface area (Å²) in [5, 5.41) is 10.5. The number of fused-ring (bicyclic) bond motifs is 2. The lowest BCUT2D eigenvalue weighted by Crippen LogP contribution is -2.50. The average Bonchev–Trinajstić information content (AvgIpc) is 3.72. The highest BCUT2D eigenvalue weighted by molar-refractivity contribution is 7.84. The van der Waals surface area contributed by atoms with E-state index in [-0.39, 0.29) is 35.0 Å². The number of hydrogen-bond acceptors (Lipinski definition) is 9. The fraction of sp³-hybridized carbons (Fsp3) is 0.476. The number of epoxide rings is 1. The Hall–Kier alpha value is -3.91. The van der Waals surface area contributed by atoms with Gasteiger partial charge in [0.05, 0.1) is 60.5 Å². The maximum absolute atomic E-state index is 13.8. The molecule has 11 nitrogen and oxygen atoms in total. The van der Waals surface area contributed by atoms with Gasteiger partial charge < -0.3 is 25.1 Å². The predicted octanol–water partition coefficient (Wildman–Crippen LogP) is 7.05. The highest BCUT2D eigenvalue weighted by Crippen LogP contribution is 2.49. The zero-order chi connectivity index (χ0) is 44.4. The van der Waals surface area contributed by atoms with Crippen LogP contribution < -0.4 is 24.7 Å². The minimum Gasteiger partial charge on any atom is -0.489 e. The van der Waals surface area contributed by atoms with E-state index in [0.29, 0.717) is 24.7 Å². The molecule has 6 atom stereocenters. The van der Waals surface area contributed by atoms with Crippen molar-refractivity contribution in [3.05, 3.63) is 94.8 Å². The molecule has 1 fully saturated rings. The molecule has 3 aliphatic heterocycles. The first-order valence-corrected chi connectivity index (χ1v) is 21.4. The normalized spacial score (nSPS) is 24.2. The lowest BCUT2D eigenvalue weighted by molar-refractivity contribution is -0.263. The van der Waals surface area contributed by atoms with Crippen LogP contribution in [0, 0.1) is 11.6 Å². The third kappa shape index (κ3) is 8.87. The number of nitrogens with zero attached hydrogens (tertiary/aromatic N) is 2. The Labute approximate surface area is 351 Å². The number of pyridine rings is 2. The van der Waals surface area contributed by atoms with Gasteiger partial charge in [-0.15, -0.1) is 0 Å². The van der Waals surface area contributed by atoms with Crippen molar-refractivity contribution >= 4 is 22.0 Å². The third-order valence-electron chi connectivity index (χ3n) is 10.4. The number of ether oxygens (including phenoxy) is 3. The summed E-state index contributed by atoms with van der Waals surface area (Å²) in [6, 6.07) is 14.2. The summed E-state index contributed by atoms with van der Waals surface area (Å²) in [4.78, 5) is 8.84. The number of halogens is 5. The molecule has 326 valence electrons. The molecule has 2 aromatic heterocycles. The molecule has 0 radical (unpaired) electrons. The van der Waals surface area contributed by atoms with Crippen LogP contribution in [0.5, 0.6) is 11.5 Å². The largest absolute Gasteiger partial charge is 0.489 e. The summed E-state index contributed by atoms with van der Waals surface area (Å²) >= 11 is 0. The lowest BCUT2D eigenvalue weighted by atomic mass is 9.89. The highest BCUT2D eigenvalue weighted by atomic mass is 32.2. The molecule has 0 bridgehead atoms. The first kappa shape index (κ1) is 45.6. The van der Waals surface area contributed by atoms with Crippen molar-refractivity contribution in [2.24, 2.45) is 5.73 Å². The maximum Gasteiger partial charge on any atom is 0.424 e. The Balaban J connectivity index is 0.000000203. The van der Waals surface area contributed by atoms with Crippen molar-refractivity contribution in [2.75, 3.05) is 26.4 Å². The number of rotatable bonds is 9. The van der Waals surface area contributed by atoms with Crippen LogP contribution in [0.4, 0.5) is 22.0 Å². The second kappa shape index (κ2) is 15.8. The Morgan fingerprint density at radius 3 is 1.48 bits per heavy atom. The van der Waals surface area contributed by atoms with E-state index < -0.39 is 78.0 Å². The molecule has 3 aliphatic rings. The van der Waals surface area contributed by atoms with Gasteiger partial charge in [-0.05, 0) is 123 Å². The zero-order valence-corrected chi connectivity index (χ0v) is 36.4. The smallest absolute Gasteiger partial charge is 0.424 e. The molecule has 4 aromatic rings. The second-order valence-electron chi connectivity index (χ2n) is 17.8. The predicted molar refractivity (Wildman–Crippen MR) is 219 cm³/mol. The van der Waals surface area contributed by atoms with Crippen molar-refractivity contribution in [3.63, 3.8) is 0 Å². The van der Waals surface area contributed by atoms with Crippen LogP contribution in [0.15, 0.2) is 60.7 Å². The topological polar surface area (TPSA) is 161 Å². The van der Waals surface area contributed by atoms with Gasteiger partial charge in [0.1, 0.15) is 41.8 Å². The van der Waals surface area contributed by atoms with Crippen molar-refractivity contribution in [3.8, 4) is 34.0 Å². The maximum atomic E-state index is 13.8. The Morgan fingerprint density at radius 1 is 0.717 bits per heavy atom. The van der Waals surface area contributed by atoms with Gasteiger partial charge in [-0.1, -0.05) is 0 Å². The van der Waals surface area contributed by atoms with Crippen LogP contribution >= 0.6 is 0 Å². The van der Waals surface area contributed by atoms with Gasteiger partial charge in [0.25, 0.3) is 0 Å². The molecule has 7 rings (SSSR count). The summed E-state index contributed by atoms with van der Waals surface area (Å²) in [5.74, 6) is -0.0475. The lowest BCUT2D eigenvalue weighted by Gasteiger charge is -2.31. The molecule has 2 aromatic carbocycles. The highest BCUT2D eigenvalue weighted by Gasteiger charge is 2.56. The van der Waals surface area contributed by atoms with E-state index in [1.54, 1.807) is 39.8 Å². The number of nitrogens with two attached hydrogens (primary N) is 1. The molecule has 0 unspecified atom stereocenters. The molecular formula is C42H50F5N5O6S2. The number of benzene rings is 2. The molecule has 5 heterocycles. The molecule has 0 spiro atoms. The van der Waals surface area contributed by atoms with Gasteiger partial charge in [0.2, 0.25) is 5.60 Å². The summed E-state index contributed by atoms with van der Waals surface area (Å²) < 4.78 is 116. The van der Waals surface area contributed by atoms with E-state index in [2.05, 4.69) is 14.4 Å². The molecule has 60 heavy (non-hydrogen) atoms. The average molecular weight is 880 g/mol. The number of aromatic nitrogens is 2. The van der Waals surface area contributed by atoms with Crippen LogP contribution in [-0.2, 0) is 49.0 Å². The van der Waals surface area contributed by atoms with Crippen molar-refractivity contribution in [1.82, 2.24) is 19.4 Å². The van der Waals surface area contributed by atoms with E-state index in [1.807, 2.05) is 40.7 Å². The minimum atomic E-state index is -5.11. The summed E-state index contributed by atoms with van der Waals surface area (Å²) in [6.45, 7) is 16.4. The van der Waals surface area contributed by atoms with Gasteiger partial charge >= 0.3 is 6.18 Å². The van der Waals surface area contributed by atoms with Crippen LogP contribution in [-0.4, -0.2) is 65.5 Å². The van der Waals surface area contributed by atoms with Gasteiger partial charge in [-0.25, -0.2) is 36.6 Å². The molecule has 5 N–H and O–H groups in total. The fourth-order valence-corrected chi connectivity index (χ4v) is 8.13. The molecular weight excluding hydrogens is 830 g/mol. The van der Waals surface area contributed by atoms with Crippen LogP contribution in [0.1, 0.15) is 84.8 Å². The van der Waals surface area contributed by atoms with Crippen LogP contribution in [0.2, 0.25) is 0 Å². The third-order valence-corrected chi connectivity index (χ3v) is 13.9. The zero-order valence-electron chi connectivity index (χ0n) is 34.8.